The molecule has 2 amide bonds. The van der Waals surface area contributed by atoms with Gasteiger partial charge in [-0.25, -0.2) is 4.79 Å². The third-order valence-electron chi connectivity index (χ3n) is 4.61. The first-order valence-corrected chi connectivity index (χ1v) is 7.78. The highest BCUT2D eigenvalue weighted by molar-refractivity contribution is 5.91. The lowest BCUT2D eigenvalue weighted by Crippen LogP contribution is -2.30. The first-order valence-electron chi connectivity index (χ1n) is 7.78. The number of aliphatic hydroxyl groups is 1. The van der Waals surface area contributed by atoms with E-state index >= 15 is 0 Å². The maximum Gasteiger partial charge on any atom is 0.324 e. The number of likely N-dealkylation sites (N-methyl/N-ethyl adjacent to an activating group) is 1. The van der Waals surface area contributed by atoms with E-state index in [1.54, 1.807) is 16.8 Å². The third kappa shape index (κ3) is 2.06. The molecular weight excluding hydrogens is 288 g/mol. The highest BCUT2D eigenvalue weighted by Gasteiger charge is 2.39. The van der Waals surface area contributed by atoms with E-state index in [2.05, 4.69) is 0 Å². The van der Waals surface area contributed by atoms with E-state index < -0.39 is 6.10 Å². The van der Waals surface area contributed by atoms with E-state index in [0.717, 1.165) is 22.3 Å². The van der Waals surface area contributed by atoms with Crippen LogP contribution in [-0.4, -0.2) is 41.1 Å². The molecule has 1 atom stereocenters. The van der Waals surface area contributed by atoms with Crippen LogP contribution in [0.4, 0.5) is 4.79 Å². The summed E-state index contributed by atoms with van der Waals surface area (Å²) in [5.41, 5.74) is 4.55. The van der Waals surface area contributed by atoms with Gasteiger partial charge in [-0.3, -0.25) is 4.90 Å². The van der Waals surface area contributed by atoms with Crippen molar-refractivity contribution in [1.82, 2.24) is 9.80 Å². The van der Waals surface area contributed by atoms with Crippen molar-refractivity contribution in [2.45, 2.75) is 6.10 Å². The minimum atomic E-state index is -0.767. The molecule has 4 nitrogen and oxygen atoms in total. The molecule has 4 rings (SSSR count). The topological polar surface area (TPSA) is 43.8 Å². The SMILES string of the molecule is CN1CCN(C2=C(c3ccccc3)c3ccccc3C2O)C1=O. The maximum atomic E-state index is 12.5. The zero-order valence-corrected chi connectivity index (χ0v) is 12.9. The molecule has 4 heteroatoms. The lowest BCUT2D eigenvalue weighted by molar-refractivity contribution is 0.170. The fourth-order valence-electron chi connectivity index (χ4n) is 3.45. The van der Waals surface area contributed by atoms with Crippen LogP contribution in [0.25, 0.3) is 5.57 Å². The van der Waals surface area contributed by atoms with Gasteiger partial charge in [0.1, 0.15) is 6.10 Å². The second-order valence-corrected chi connectivity index (χ2v) is 5.97. The Morgan fingerprint density at radius 3 is 2.39 bits per heavy atom. The highest BCUT2D eigenvalue weighted by Crippen LogP contribution is 2.45. The average Bonchev–Trinajstić information content (AvgIpc) is 3.07. The summed E-state index contributed by atoms with van der Waals surface area (Å²) >= 11 is 0. The molecule has 116 valence electrons. The van der Waals surface area contributed by atoms with Crippen LogP contribution in [0.1, 0.15) is 22.8 Å². The number of benzene rings is 2. The number of carbonyl (C=O) groups excluding carboxylic acids is 1. The standard InChI is InChI=1S/C19H18N2O2/c1-20-11-12-21(19(20)23)17-16(13-7-3-2-4-8-13)14-9-5-6-10-15(14)18(17)22/h2-10,18,22H,11-12H2,1H3. The van der Waals surface area contributed by atoms with Gasteiger partial charge in [-0.05, 0) is 16.7 Å². The number of hydrogen-bond donors (Lipinski definition) is 1. The Morgan fingerprint density at radius 2 is 1.70 bits per heavy atom. The summed E-state index contributed by atoms with van der Waals surface area (Å²) in [4.78, 5) is 15.9. The monoisotopic (exact) mass is 306 g/mol. The molecule has 1 aliphatic carbocycles. The van der Waals surface area contributed by atoms with Crippen LogP contribution in [-0.2, 0) is 0 Å². The van der Waals surface area contributed by atoms with Crippen LogP contribution in [0.5, 0.6) is 0 Å². The van der Waals surface area contributed by atoms with Gasteiger partial charge in [-0.1, -0.05) is 54.6 Å². The van der Waals surface area contributed by atoms with Crippen LogP contribution in [0.15, 0.2) is 60.3 Å². The van der Waals surface area contributed by atoms with Crippen LogP contribution in [0, 0.1) is 0 Å². The van der Waals surface area contributed by atoms with Crippen LogP contribution >= 0.6 is 0 Å². The fraction of sp³-hybridized carbons (Fsp3) is 0.211. The summed E-state index contributed by atoms with van der Waals surface area (Å²) in [7, 11) is 1.79. The van der Waals surface area contributed by atoms with Crippen LogP contribution < -0.4 is 0 Å². The van der Waals surface area contributed by atoms with Crippen molar-refractivity contribution in [2.75, 3.05) is 20.1 Å². The molecule has 1 N–H and O–H groups in total. The molecule has 0 aromatic heterocycles. The second-order valence-electron chi connectivity index (χ2n) is 5.97. The van der Waals surface area contributed by atoms with E-state index in [9.17, 15) is 9.90 Å². The molecule has 1 heterocycles. The van der Waals surface area contributed by atoms with E-state index in [4.69, 9.17) is 0 Å². The van der Waals surface area contributed by atoms with Crippen molar-refractivity contribution < 1.29 is 9.90 Å². The van der Waals surface area contributed by atoms with Crippen molar-refractivity contribution >= 4 is 11.6 Å². The van der Waals surface area contributed by atoms with Gasteiger partial charge in [0.25, 0.3) is 0 Å². The molecular formula is C19H18N2O2. The van der Waals surface area contributed by atoms with E-state index in [0.29, 0.717) is 18.8 Å². The molecule has 0 saturated carbocycles. The number of aliphatic hydroxyl groups excluding tert-OH is 1. The molecule has 0 bridgehead atoms. The Morgan fingerprint density at radius 1 is 1.00 bits per heavy atom. The van der Waals surface area contributed by atoms with Gasteiger partial charge in [0.05, 0.1) is 5.70 Å². The lowest BCUT2D eigenvalue weighted by atomic mass is 9.99. The summed E-state index contributed by atoms with van der Waals surface area (Å²) in [6.45, 7) is 1.28. The van der Waals surface area contributed by atoms with Gasteiger partial charge in [-0.15, -0.1) is 0 Å². The smallest absolute Gasteiger partial charge is 0.324 e. The van der Waals surface area contributed by atoms with E-state index in [1.807, 2.05) is 54.6 Å². The third-order valence-corrected chi connectivity index (χ3v) is 4.61. The Hall–Kier alpha value is -2.59. The van der Waals surface area contributed by atoms with E-state index in [-0.39, 0.29) is 6.03 Å². The molecule has 1 saturated heterocycles. The number of fused-ring (bicyclic) bond motifs is 1. The molecule has 2 aliphatic rings. The Labute approximate surface area is 135 Å². The largest absolute Gasteiger partial charge is 0.382 e. The van der Waals surface area contributed by atoms with Crippen molar-refractivity contribution in [3.8, 4) is 0 Å². The van der Waals surface area contributed by atoms with Crippen molar-refractivity contribution in [2.24, 2.45) is 0 Å². The molecule has 2 aromatic carbocycles. The number of rotatable bonds is 2. The number of urea groups is 1. The zero-order valence-electron chi connectivity index (χ0n) is 12.9. The zero-order chi connectivity index (χ0) is 16.0. The highest BCUT2D eigenvalue weighted by atomic mass is 16.3. The summed E-state index contributed by atoms with van der Waals surface area (Å²) < 4.78 is 0. The minimum absolute atomic E-state index is 0.0553. The number of amides is 2. The lowest BCUT2D eigenvalue weighted by Gasteiger charge is -2.22. The molecule has 0 radical (unpaired) electrons. The Bertz CT molecular complexity index is 798. The van der Waals surface area contributed by atoms with Crippen molar-refractivity contribution in [3.63, 3.8) is 0 Å². The normalized spacial score (nSPS) is 20.4. The van der Waals surface area contributed by atoms with Gasteiger partial charge in [0.15, 0.2) is 0 Å². The first kappa shape index (κ1) is 14.0. The quantitative estimate of drug-likeness (QED) is 0.927. The summed E-state index contributed by atoms with van der Waals surface area (Å²) in [6.07, 6.45) is -0.767. The van der Waals surface area contributed by atoms with Gasteiger partial charge in [-0.2, -0.15) is 0 Å². The predicted octanol–water partition coefficient (Wildman–Crippen LogP) is 2.86. The first-order chi connectivity index (χ1) is 11.2. The maximum absolute atomic E-state index is 12.5. The second kappa shape index (κ2) is 5.25. The molecule has 1 unspecified atom stereocenters. The summed E-state index contributed by atoms with van der Waals surface area (Å²) in [5.74, 6) is 0. The van der Waals surface area contributed by atoms with Gasteiger partial charge in [0, 0.05) is 25.7 Å². The molecule has 1 aliphatic heterocycles. The van der Waals surface area contributed by atoms with Crippen molar-refractivity contribution in [1.29, 1.82) is 0 Å². The van der Waals surface area contributed by atoms with Gasteiger partial charge < -0.3 is 10.0 Å². The number of carbonyl (C=O) groups is 1. The number of hydrogen-bond acceptors (Lipinski definition) is 2. The van der Waals surface area contributed by atoms with E-state index in [1.165, 1.54) is 0 Å². The molecule has 0 spiro atoms. The van der Waals surface area contributed by atoms with Gasteiger partial charge in [0.2, 0.25) is 0 Å². The summed E-state index contributed by atoms with van der Waals surface area (Å²) in [5, 5.41) is 10.9. The predicted molar refractivity (Wildman–Crippen MR) is 88.6 cm³/mol. The number of nitrogens with zero attached hydrogens (tertiary/aromatic N) is 2. The van der Waals surface area contributed by atoms with Crippen molar-refractivity contribution in [3.05, 3.63) is 77.0 Å². The van der Waals surface area contributed by atoms with Crippen LogP contribution in [0.2, 0.25) is 0 Å². The summed E-state index contributed by atoms with van der Waals surface area (Å²) in [6, 6.07) is 17.7. The molecule has 2 aromatic rings. The van der Waals surface area contributed by atoms with Crippen LogP contribution in [0.3, 0.4) is 0 Å². The Kier molecular flexibility index (Phi) is 3.20. The van der Waals surface area contributed by atoms with Gasteiger partial charge >= 0.3 is 6.03 Å². The average molecular weight is 306 g/mol. The Balaban J connectivity index is 1.94. The minimum Gasteiger partial charge on any atom is -0.382 e. The molecule has 1 fully saturated rings. The fourth-order valence-corrected chi connectivity index (χ4v) is 3.45. The molecule has 23 heavy (non-hydrogen) atoms.